The van der Waals surface area contributed by atoms with Crippen LogP contribution in [0, 0.1) is 13.8 Å². The molecule has 0 aromatic heterocycles. The summed E-state index contributed by atoms with van der Waals surface area (Å²) in [6, 6.07) is 3.20. The summed E-state index contributed by atoms with van der Waals surface area (Å²) in [4.78, 5) is 25.0. The molecule has 0 aliphatic heterocycles. The van der Waals surface area contributed by atoms with Gasteiger partial charge in [-0.15, -0.1) is 0 Å². The Morgan fingerprint density at radius 1 is 1.33 bits per heavy atom. The molecule has 2 amide bonds. The second kappa shape index (κ2) is 7.11. The number of carboxylic acids is 1. The molecular formula is C16H24N2O3. The summed E-state index contributed by atoms with van der Waals surface area (Å²) in [5.74, 6) is -0.987. The number of hydrogen-bond acceptors (Lipinski definition) is 2. The largest absolute Gasteiger partial charge is 0.478 e. The van der Waals surface area contributed by atoms with E-state index in [-0.39, 0.29) is 17.6 Å². The molecule has 0 heterocycles. The molecule has 0 saturated carbocycles. The maximum absolute atomic E-state index is 12.2. The Morgan fingerprint density at radius 3 is 2.48 bits per heavy atom. The van der Waals surface area contributed by atoms with Crippen LogP contribution >= 0.6 is 0 Å². The van der Waals surface area contributed by atoms with Gasteiger partial charge in [-0.3, -0.25) is 0 Å². The first-order chi connectivity index (χ1) is 9.77. The van der Waals surface area contributed by atoms with Gasteiger partial charge in [0.1, 0.15) is 0 Å². The predicted octanol–water partition coefficient (Wildman–Crippen LogP) is 3.65. The van der Waals surface area contributed by atoms with Crippen LogP contribution in [0.3, 0.4) is 0 Å². The van der Waals surface area contributed by atoms with Crippen molar-refractivity contribution >= 4 is 17.7 Å². The number of hydrogen-bond donors (Lipinski definition) is 2. The van der Waals surface area contributed by atoms with Crippen molar-refractivity contribution in [1.82, 2.24) is 4.90 Å². The van der Waals surface area contributed by atoms with Gasteiger partial charge in [-0.2, -0.15) is 0 Å². The van der Waals surface area contributed by atoms with Gasteiger partial charge in [0.15, 0.2) is 0 Å². The Hall–Kier alpha value is -2.04. The summed E-state index contributed by atoms with van der Waals surface area (Å²) in [7, 11) is 1.74. The number of carboxylic acid groups (broad SMARTS) is 1. The van der Waals surface area contributed by atoms with Crippen LogP contribution in [0.4, 0.5) is 10.5 Å². The van der Waals surface area contributed by atoms with Crippen LogP contribution in [0.2, 0.25) is 0 Å². The van der Waals surface area contributed by atoms with Gasteiger partial charge in [0.2, 0.25) is 0 Å². The molecule has 5 nitrogen and oxygen atoms in total. The lowest BCUT2D eigenvalue weighted by molar-refractivity contribution is 0.0696. The summed E-state index contributed by atoms with van der Waals surface area (Å²) < 4.78 is 0. The Labute approximate surface area is 126 Å². The summed E-state index contributed by atoms with van der Waals surface area (Å²) in [5.41, 5.74) is 2.29. The van der Waals surface area contributed by atoms with Gasteiger partial charge in [0.25, 0.3) is 0 Å². The van der Waals surface area contributed by atoms with Gasteiger partial charge in [0, 0.05) is 18.8 Å². The number of aryl methyl sites for hydroxylation is 1. The van der Waals surface area contributed by atoms with Crippen LogP contribution in [0.15, 0.2) is 12.1 Å². The Kier molecular flexibility index (Phi) is 5.76. The fourth-order valence-corrected chi connectivity index (χ4v) is 2.18. The number of carbonyl (C=O) groups excluding carboxylic acids is 1. The Balaban J connectivity index is 2.93. The highest BCUT2D eigenvalue weighted by Gasteiger charge is 2.17. The topological polar surface area (TPSA) is 69.6 Å². The average molecular weight is 292 g/mol. The number of amides is 2. The van der Waals surface area contributed by atoms with Crippen LogP contribution in [0.5, 0.6) is 0 Å². The molecule has 116 valence electrons. The maximum atomic E-state index is 12.2. The lowest BCUT2D eigenvalue weighted by Crippen LogP contribution is -2.38. The van der Waals surface area contributed by atoms with Crippen molar-refractivity contribution in [3.8, 4) is 0 Å². The van der Waals surface area contributed by atoms with E-state index in [0.717, 1.165) is 18.4 Å². The highest BCUT2D eigenvalue weighted by Crippen LogP contribution is 2.20. The normalized spacial score (nSPS) is 11.9. The molecule has 1 aromatic carbocycles. The van der Waals surface area contributed by atoms with Gasteiger partial charge >= 0.3 is 12.0 Å². The van der Waals surface area contributed by atoms with E-state index in [1.807, 2.05) is 13.8 Å². The molecule has 0 fully saturated rings. The zero-order valence-electron chi connectivity index (χ0n) is 13.4. The molecule has 0 aliphatic rings. The molecule has 0 bridgehead atoms. The van der Waals surface area contributed by atoms with Crippen molar-refractivity contribution < 1.29 is 14.7 Å². The third kappa shape index (κ3) is 4.21. The number of carbonyl (C=O) groups is 2. The van der Waals surface area contributed by atoms with E-state index < -0.39 is 5.97 Å². The van der Waals surface area contributed by atoms with Gasteiger partial charge in [-0.1, -0.05) is 13.3 Å². The molecule has 1 aromatic rings. The van der Waals surface area contributed by atoms with Crippen LogP contribution in [0.25, 0.3) is 0 Å². The van der Waals surface area contributed by atoms with Crippen molar-refractivity contribution in [2.75, 3.05) is 12.4 Å². The minimum atomic E-state index is -0.987. The number of benzene rings is 1. The summed E-state index contributed by atoms with van der Waals surface area (Å²) in [6.45, 7) is 7.66. The SMILES string of the molecule is CCCC(C)N(C)C(=O)Nc1cc(C)c(C)c(C(=O)O)c1. The summed E-state index contributed by atoms with van der Waals surface area (Å²) >= 11 is 0. The fourth-order valence-electron chi connectivity index (χ4n) is 2.18. The van der Waals surface area contributed by atoms with Crippen LogP contribution < -0.4 is 5.32 Å². The third-order valence-corrected chi connectivity index (χ3v) is 3.84. The second-order valence-electron chi connectivity index (χ2n) is 5.45. The zero-order chi connectivity index (χ0) is 16.2. The van der Waals surface area contributed by atoms with E-state index in [1.54, 1.807) is 24.9 Å². The Bertz CT molecular complexity index is 541. The van der Waals surface area contributed by atoms with Crippen LogP contribution in [-0.2, 0) is 0 Å². The van der Waals surface area contributed by atoms with Crippen molar-refractivity contribution in [1.29, 1.82) is 0 Å². The number of anilines is 1. The monoisotopic (exact) mass is 292 g/mol. The zero-order valence-corrected chi connectivity index (χ0v) is 13.4. The molecule has 0 radical (unpaired) electrons. The van der Waals surface area contributed by atoms with E-state index in [4.69, 9.17) is 0 Å². The first kappa shape index (κ1) is 17.0. The quantitative estimate of drug-likeness (QED) is 0.870. The van der Waals surface area contributed by atoms with Gasteiger partial charge in [-0.25, -0.2) is 9.59 Å². The lowest BCUT2D eigenvalue weighted by atomic mass is 10.0. The second-order valence-corrected chi connectivity index (χ2v) is 5.45. The van der Waals surface area contributed by atoms with Crippen molar-refractivity contribution in [3.63, 3.8) is 0 Å². The lowest BCUT2D eigenvalue weighted by Gasteiger charge is -2.25. The van der Waals surface area contributed by atoms with Crippen molar-refractivity contribution in [2.24, 2.45) is 0 Å². The minimum absolute atomic E-state index is 0.139. The van der Waals surface area contributed by atoms with Crippen LogP contribution in [0.1, 0.15) is 48.2 Å². The minimum Gasteiger partial charge on any atom is -0.478 e. The molecule has 1 atom stereocenters. The first-order valence-electron chi connectivity index (χ1n) is 7.16. The standard InChI is InChI=1S/C16H24N2O3/c1-6-7-11(3)18(5)16(21)17-13-8-10(2)12(4)14(9-13)15(19)20/h8-9,11H,6-7H2,1-5H3,(H,17,21)(H,19,20). The fraction of sp³-hybridized carbons (Fsp3) is 0.500. The van der Waals surface area contributed by atoms with E-state index in [1.165, 1.54) is 6.07 Å². The van der Waals surface area contributed by atoms with Gasteiger partial charge < -0.3 is 15.3 Å². The number of aromatic carboxylic acids is 1. The van der Waals surface area contributed by atoms with E-state index in [0.29, 0.717) is 11.3 Å². The van der Waals surface area contributed by atoms with Crippen molar-refractivity contribution in [3.05, 3.63) is 28.8 Å². The van der Waals surface area contributed by atoms with Crippen LogP contribution in [-0.4, -0.2) is 35.1 Å². The van der Waals surface area contributed by atoms with Crippen molar-refractivity contribution in [2.45, 2.75) is 46.6 Å². The molecule has 0 saturated heterocycles. The molecule has 2 N–H and O–H groups in total. The van der Waals surface area contributed by atoms with E-state index >= 15 is 0 Å². The smallest absolute Gasteiger partial charge is 0.336 e. The van der Waals surface area contributed by atoms with E-state index in [9.17, 15) is 14.7 Å². The number of rotatable bonds is 5. The molecule has 21 heavy (non-hydrogen) atoms. The van der Waals surface area contributed by atoms with Gasteiger partial charge in [0.05, 0.1) is 5.56 Å². The molecular weight excluding hydrogens is 268 g/mol. The summed E-state index contributed by atoms with van der Waals surface area (Å²) in [5, 5.41) is 12.0. The molecule has 1 unspecified atom stereocenters. The third-order valence-electron chi connectivity index (χ3n) is 3.84. The predicted molar refractivity (Wildman–Crippen MR) is 84.0 cm³/mol. The molecule has 1 rings (SSSR count). The van der Waals surface area contributed by atoms with E-state index in [2.05, 4.69) is 12.2 Å². The highest BCUT2D eigenvalue weighted by molar-refractivity contribution is 5.94. The maximum Gasteiger partial charge on any atom is 0.336 e. The van der Waals surface area contributed by atoms with Gasteiger partial charge in [-0.05, 0) is 50.5 Å². The molecule has 5 heteroatoms. The number of nitrogens with zero attached hydrogens (tertiary/aromatic N) is 1. The Morgan fingerprint density at radius 2 is 1.95 bits per heavy atom. The highest BCUT2D eigenvalue weighted by atomic mass is 16.4. The summed E-state index contributed by atoms with van der Waals surface area (Å²) in [6.07, 6.45) is 1.93. The number of nitrogens with one attached hydrogen (secondary N) is 1. The number of urea groups is 1. The molecule has 0 aliphatic carbocycles. The average Bonchev–Trinajstić information content (AvgIpc) is 2.41. The first-order valence-corrected chi connectivity index (χ1v) is 7.16. The molecule has 0 spiro atoms.